The summed E-state index contributed by atoms with van der Waals surface area (Å²) < 4.78 is 6.58. The summed E-state index contributed by atoms with van der Waals surface area (Å²) in [5.74, 6) is -0.396. The van der Waals surface area contributed by atoms with Gasteiger partial charge in [0, 0.05) is 11.8 Å². The van der Waals surface area contributed by atoms with Crippen molar-refractivity contribution in [1.29, 1.82) is 0 Å². The second-order valence-corrected chi connectivity index (χ2v) is 4.46. The van der Waals surface area contributed by atoms with Crippen LogP contribution in [0.2, 0.25) is 0 Å². The number of hydrogen-bond donors (Lipinski definition) is 0. The Morgan fingerprint density at radius 1 is 1.15 bits per heavy atom. The number of aromatic nitrogens is 1. The zero-order valence-electron chi connectivity index (χ0n) is 11.6. The lowest BCUT2D eigenvalue weighted by molar-refractivity contribution is 0.0524. The fourth-order valence-corrected chi connectivity index (χ4v) is 2.06. The van der Waals surface area contributed by atoms with Gasteiger partial charge in [0.2, 0.25) is 0 Å². The van der Waals surface area contributed by atoms with Crippen LogP contribution >= 0.6 is 0 Å². The highest BCUT2D eigenvalue weighted by Gasteiger charge is 2.14. The Balaban J connectivity index is 2.40. The molecule has 0 aliphatic heterocycles. The van der Waals surface area contributed by atoms with Gasteiger partial charge in [0.15, 0.2) is 0 Å². The van der Waals surface area contributed by atoms with Crippen molar-refractivity contribution in [2.24, 2.45) is 0 Å². The minimum absolute atomic E-state index is 0.126. The Morgan fingerprint density at radius 3 is 2.50 bits per heavy atom. The second-order valence-electron chi connectivity index (χ2n) is 4.46. The van der Waals surface area contributed by atoms with Crippen molar-refractivity contribution < 1.29 is 9.53 Å². The fourth-order valence-electron chi connectivity index (χ4n) is 2.06. The van der Waals surface area contributed by atoms with Gasteiger partial charge in [-0.25, -0.2) is 4.79 Å². The van der Waals surface area contributed by atoms with Crippen molar-refractivity contribution in [2.45, 2.75) is 20.4 Å². The Hall–Kier alpha value is -2.36. The second kappa shape index (κ2) is 6.19. The van der Waals surface area contributed by atoms with E-state index in [1.807, 2.05) is 30.3 Å². The van der Waals surface area contributed by atoms with E-state index in [2.05, 4.69) is 0 Å². The van der Waals surface area contributed by atoms with E-state index in [0.29, 0.717) is 24.4 Å². The Morgan fingerprint density at radius 2 is 1.85 bits per heavy atom. The number of carbonyl (C=O) groups excluding carboxylic acids is 1. The summed E-state index contributed by atoms with van der Waals surface area (Å²) in [6, 6.07) is 12.6. The third-order valence-electron chi connectivity index (χ3n) is 3.13. The van der Waals surface area contributed by atoms with Crippen LogP contribution in [-0.4, -0.2) is 17.1 Å². The molecular formula is C16H17NO3. The Bertz CT molecular complexity index is 659. The lowest BCUT2D eigenvalue weighted by atomic mass is 10.1. The van der Waals surface area contributed by atoms with E-state index in [1.165, 1.54) is 12.1 Å². The molecule has 0 radical (unpaired) electrons. The van der Waals surface area contributed by atoms with Gasteiger partial charge < -0.3 is 9.30 Å². The van der Waals surface area contributed by atoms with Gasteiger partial charge in [-0.2, -0.15) is 0 Å². The first-order chi connectivity index (χ1) is 9.63. The van der Waals surface area contributed by atoms with Crippen LogP contribution in [0.4, 0.5) is 0 Å². The maximum atomic E-state index is 12.0. The van der Waals surface area contributed by atoms with Crippen LogP contribution in [0.25, 0.3) is 0 Å². The number of rotatable bonds is 4. The quantitative estimate of drug-likeness (QED) is 0.802. The molecule has 0 fully saturated rings. The molecule has 4 nitrogen and oxygen atoms in total. The molecule has 4 heteroatoms. The van der Waals surface area contributed by atoms with E-state index in [-0.39, 0.29) is 5.56 Å². The van der Waals surface area contributed by atoms with Crippen molar-refractivity contribution in [3.05, 3.63) is 69.6 Å². The summed E-state index contributed by atoms with van der Waals surface area (Å²) in [5, 5.41) is 0. The molecule has 20 heavy (non-hydrogen) atoms. The van der Waals surface area contributed by atoms with Gasteiger partial charge in [-0.05, 0) is 25.5 Å². The molecule has 0 aliphatic carbocycles. The summed E-state index contributed by atoms with van der Waals surface area (Å²) in [6.07, 6.45) is 0. The Labute approximate surface area is 117 Å². The van der Waals surface area contributed by atoms with E-state index in [1.54, 1.807) is 18.4 Å². The number of esters is 1. The number of hydrogen-bond acceptors (Lipinski definition) is 3. The van der Waals surface area contributed by atoms with Crippen molar-refractivity contribution in [2.75, 3.05) is 6.61 Å². The SMILES string of the molecule is CCOC(=O)c1ccc(=O)n(Cc2ccccc2)c1C. The minimum atomic E-state index is -0.396. The lowest BCUT2D eigenvalue weighted by Crippen LogP contribution is -2.25. The summed E-state index contributed by atoms with van der Waals surface area (Å²) in [6.45, 7) is 4.28. The van der Waals surface area contributed by atoms with Crippen LogP contribution in [0.3, 0.4) is 0 Å². The largest absolute Gasteiger partial charge is 0.462 e. The van der Waals surface area contributed by atoms with E-state index < -0.39 is 5.97 Å². The van der Waals surface area contributed by atoms with Crippen molar-refractivity contribution >= 4 is 5.97 Å². The predicted octanol–water partition coefficient (Wildman–Crippen LogP) is 2.38. The number of nitrogens with zero attached hydrogens (tertiary/aromatic N) is 1. The molecule has 0 aliphatic rings. The van der Waals surface area contributed by atoms with Crippen LogP contribution in [0.15, 0.2) is 47.3 Å². The summed E-state index contributed by atoms with van der Waals surface area (Å²) in [7, 11) is 0. The van der Waals surface area contributed by atoms with Gasteiger partial charge in [-0.15, -0.1) is 0 Å². The maximum Gasteiger partial charge on any atom is 0.339 e. The fraction of sp³-hybridized carbons (Fsp3) is 0.250. The average Bonchev–Trinajstić information content (AvgIpc) is 2.45. The average molecular weight is 271 g/mol. The molecule has 0 saturated carbocycles. The topological polar surface area (TPSA) is 48.3 Å². The van der Waals surface area contributed by atoms with E-state index in [4.69, 9.17) is 4.74 Å². The maximum absolute atomic E-state index is 12.0. The molecule has 0 saturated heterocycles. The van der Waals surface area contributed by atoms with Gasteiger partial charge in [0.1, 0.15) is 0 Å². The summed E-state index contributed by atoms with van der Waals surface area (Å²) in [4.78, 5) is 23.8. The highest BCUT2D eigenvalue weighted by Crippen LogP contribution is 2.09. The molecule has 104 valence electrons. The lowest BCUT2D eigenvalue weighted by Gasteiger charge is -2.13. The first-order valence-electron chi connectivity index (χ1n) is 6.55. The van der Waals surface area contributed by atoms with E-state index in [9.17, 15) is 9.59 Å². The molecule has 1 aromatic carbocycles. The highest BCUT2D eigenvalue weighted by molar-refractivity contribution is 5.90. The molecule has 1 heterocycles. The molecule has 0 atom stereocenters. The molecule has 0 bridgehead atoms. The van der Waals surface area contributed by atoms with Crippen LogP contribution in [-0.2, 0) is 11.3 Å². The molecule has 2 aromatic rings. The molecule has 0 unspecified atom stereocenters. The van der Waals surface area contributed by atoms with Gasteiger partial charge in [-0.3, -0.25) is 4.79 Å². The van der Waals surface area contributed by atoms with Crippen LogP contribution < -0.4 is 5.56 Å². The molecule has 0 spiro atoms. The molecule has 0 amide bonds. The minimum Gasteiger partial charge on any atom is -0.462 e. The third-order valence-corrected chi connectivity index (χ3v) is 3.13. The van der Waals surface area contributed by atoms with Gasteiger partial charge >= 0.3 is 5.97 Å². The van der Waals surface area contributed by atoms with Crippen molar-refractivity contribution in [3.8, 4) is 0 Å². The molecule has 2 rings (SSSR count). The smallest absolute Gasteiger partial charge is 0.339 e. The summed E-state index contributed by atoms with van der Waals surface area (Å²) in [5.41, 5.74) is 1.94. The van der Waals surface area contributed by atoms with Crippen LogP contribution in [0.5, 0.6) is 0 Å². The van der Waals surface area contributed by atoms with Crippen molar-refractivity contribution in [3.63, 3.8) is 0 Å². The first-order valence-corrected chi connectivity index (χ1v) is 6.55. The summed E-state index contributed by atoms with van der Waals surface area (Å²) >= 11 is 0. The molecular weight excluding hydrogens is 254 g/mol. The van der Waals surface area contributed by atoms with E-state index >= 15 is 0 Å². The zero-order valence-corrected chi connectivity index (χ0v) is 11.6. The van der Waals surface area contributed by atoms with Crippen LogP contribution in [0, 0.1) is 6.92 Å². The predicted molar refractivity (Wildman–Crippen MR) is 76.9 cm³/mol. The molecule has 1 aromatic heterocycles. The third kappa shape index (κ3) is 2.96. The monoisotopic (exact) mass is 271 g/mol. The van der Waals surface area contributed by atoms with Crippen LogP contribution in [0.1, 0.15) is 28.5 Å². The zero-order chi connectivity index (χ0) is 14.5. The number of pyridine rings is 1. The molecule has 0 N–H and O–H groups in total. The number of ether oxygens (including phenoxy) is 1. The van der Waals surface area contributed by atoms with Gasteiger partial charge in [0.05, 0.1) is 18.7 Å². The van der Waals surface area contributed by atoms with Gasteiger partial charge in [-0.1, -0.05) is 30.3 Å². The van der Waals surface area contributed by atoms with Crippen molar-refractivity contribution in [1.82, 2.24) is 4.57 Å². The number of benzene rings is 1. The highest BCUT2D eigenvalue weighted by atomic mass is 16.5. The first kappa shape index (κ1) is 14.1. The number of carbonyl (C=O) groups is 1. The van der Waals surface area contributed by atoms with E-state index in [0.717, 1.165) is 5.56 Å². The standard InChI is InChI=1S/C16H17NO3/c1-3-20-16(19)14-9-10-15(18)17(12(14)2)11-13-7-5-4-6-8-13/h4-10H,3,11H2,1-2H3. The van der Waals surface area contributed by atoms with Gasteiger partial charge in [0.25, 0.3) is 5.56 Å². The normalized spacial score (nSPS) is 10.3. The Kier molecular flexibility index (Phi) is 4.35.